The molecule has 0 bridgehead atoms. The molecule has 2 aliphatic rings. The van der Waals surface area contributed by atoms with Crippen LogP contribution in [0.1, 0.15) is 42.0 Å². The lowest BCUT2D eigenvalue weighted by Crippen LogP contribution is -2.41. The smallest absolute Gasteiger partial charge is 0.274 e. The molecule has 3 heterocycles. The van der Waals surface area contributed by atoms with Gasteiger partial charge in [-0.15, -0.1) is 0 Å². The van der Waals surface area contributed by atoms with E-state index in [1.807, 2.05) is 4.90 Å². The number of hydrogen-bond acceptors (Lipinski definition) is 4. The van der Waals surface area contributed by atoms with E-state index in [0.717, 1.165) is 37.3 Å². The molecule has 0 unspecified atom stereocenters. The zero-order valence-electron chi connectivity index (χ0n) is 13.6. The summed E-state index contributed by atoms with van der Waals surface area (Å²) in [5.74, 6) is 0.756. The molecule has 0 atom stereocenters. The zero-order chi connectivity index (χ0) is 15.5. The number of morpholine rings is 1. The van der Waals surface area contributed by atoms with Gasteiger partial charge in [0, 0.05) is 43.9 Å². The third-order valence-corrected chi connectivity index (χ3v) is 4.54. The number of carbonyl (C=O) groups is 1. The Labute approximate surface area is 131 Å². The maximum Gasteiger partial charge on any atom is 0.274 e. The summed E-state index contributed by atoms with van der Waals surface area (Å²) < 4.78 is 5.32. The molecule has 6 nitrogen and oxygen atoms in total. The van der Waals surface area contributed by atoms with Crippen LogP contribution in [-0.2, 0) is 17.7 Å². The van der Waals surface area contributed by atoms with E-state index < -0.39 is 0 Å². The van der Waals surface area contributed by atoms with E-state index in [0.29, 0.717) is 37.9 Å². The molecule has 0 aromatic carbocycles. The molecule has 1 aromatic rings. The lowest BCUT2D eigenvalue weighted by molar-refractivity contribution is 0.0297. The minimum Gasteiger partial charge on any atom is -0.378 e. The summed E-state index contributed by atoms with van der Waals surface area (Å²) in [6.07, 6.45) is 2.15. The predicted octanol–water partition coefficient (Wildman–Crippen LogP) is 1.29. The summed E-state index contributed by atoms with van der Waals surface area (Å²) in [6.45, 7) is 10.1. The summed E-state index contributed by atoms with van der Waals surface area (Å²) in [7, 11) is 0. The van der Waals surface area contributed by atoms with Gasteiger partial charge in [-0.05, 0) is 18.9 Å². The average Bonchev–Trinajstić information content (AvgIpc) is 2.96. The van der Waals surface area contributed by atoms with Crippen LogP contribution in [0.4, 0.5) is 0 Å². The molecule has 0 spiro atoms. The Balaban J connectivity index is 1.70. The predicted molar refractivity (Wildman–Crippen MR) is 83.7 cm³/mol. The number of carbonyl (C=O) groups excluding carboxylic acids is 1. The van der Waals surface area contributed by atoms with Crippen molar-refractivity contribution in [2.75, 3.05) is 39.4 Å². The summed E-state index contributed by atoms with van der Waals surface area (Å²) in [5, 5.41) is 7.40. The molecule has 0 aliphatic carbocycles. The van der Waals surface area contributed by atoms with Gasteiger partial charge >= 0.3 is 0 Å². The number of amides is 1. The van der Waals surface area contributed by atoms with Crippen molar-refractivity contribution >= 4 is 5.91 Å². The molecule has 2 aliphatic heterocycles. The lowest BCUT2D eigenvalue weighted by Gasteiger charge is -2.29. The van der Waals surface area contributed by atoms with Gasteiger partial charge in [-0.3, -0.25) is 14.8 Å². The van der Waals surface area contributed by atoms with Crippen molar-refractivity contribution < 1.29 is 9.53 Å². The van der Waals surface area contributed by atoms with Crippen LogP contribution < -0.4 is 0 Å². The maximum absolute atomic E-state index is 12.7. The summed E-state index contributed by atoms with van der Waals surface area (Å²) in [6, 6.07) is 0. The topological polar surface area (TPSA) is 61.5 Å². The lowest BCUT2D eigenvalue weighted by atomic mass is 10.0. The fourth-order valence-electron chi connectivity index (χ4n) is 3.08. The highest BCUT2D eigenvalue weighted by molar-refractivity contribution is 5.94. The van der Waals surface area contributed by atoms with E-state index in [1.165, 1.54) is 6.42 Å². The molecular formula is C16H26N4O2. The Morgan fingerprint density at radius 3 is 2.82 bits per heavy atom. The Morgan fingerprint density at radius 1 is 1.32 bits per heavy atom. The second-order valence-electron chi connectivity index (χ2n) is 6.64. The number of nitrogens with one attached hydrogen (secondary N) is 1. The van der Waals surface area contributed by atoms with Crippen LogP contribution in [0.5, 0.6) is 0 Å². The van der Waals surface area contributed by atoms with Crippen molar-refractivity contribution in [3.63, 3.8) is 0 Å². The fraction of sp³-hybridized carbons (Fsp3) is 0.750. The SMILES string of the molecule is CC(C)CCN1CCc2[nH]nc(C(=O)N3CCOCC3)c2C1. The van der Waals surface area contributed by atoms with Crippen LogP contribution in [0.3, 0.4) is 0 Å². The van der Waals surface area contributed by atoms with Crippen LogP contribution in [0.2, 0.25) is 0 Å². The molecule has 0 radical (unpaired) electrons. The van der Waals surface area contributed by atoms with Crippen molar-refractivity contribution in [3.05, 3.63) is 17.0 Å². The highest BCUT2D eigenvalue weighted by Crippen LogP contribution is 2.22. The number of ether oxygens (including phenoxy) is 1. The van der Waals surface area contributed by atoms with Gasteiger partial charge in [-0.2, -0.15) is 5.10 Å². The average molecular weight is 306 g/mol. The highest BCUT2D eigenvalue weighted by atomic mass is 16.5. The van der Waals surface area contributed by atoms with E-state index in [1.54, 1.807) is 0 Å². The molecule has 1 aromatic heterocycles. The first-order valence-corrected chi connectivity index (χ1v) is 8.30. The number of aromatic amines is 1. The number of aromatic nitrogens is 2. The van der Waals surface area contributed by atoms with E-state index in [2.05, 4.69) is 28.9 Å². The van der Waals surface area contributed by atoms with Gasteiger partial charge in [0.05, 0.1) is 13.2 Å². The first-order valence-electron chi connectivity index (χ1n) is 8.30. The number of fused-ring (bicyclic) bond motifs is 1. The highest BCUT2D eigenvalue weighted by Gasteiger charge is 2.28. The first kappa shape index (κ1) is 15.5. The number of hydrogen-bond donors (Lipinski definition) is 1. The number of rotatable bonds is 4. The van der Waals surface area contributed by atoms with Gasteiger partial charge in [0.2, 0.25) is 0 Å². The first-order chi connectivity index (χ1) is 10.6. The Morgan fingerprint density at radius 2 is 2.09 bits per heavy atom. The van der Waals surface area contributed by atoms with Gasteiger partial charge in [-0.25, -0.2) is 0 Å². The molecule has 122 valence electrons. The Hall–Kier alpha value is -1.40. The van der Waals surface area contributed by atoms with Crippen LogP contribution in [0, 0.1) is 5.92 Å². The van der Waals surface area contributed by atoms with Gasteiger partial charge in [-0.1, -0.05) is 13.8 Å². The van der Waals surface area contributed by atoms with E-state index in [9.17, 15) is 4.79 Å². The Kier molecular flexibility index (Phi) is 4.78. The van der Waals surface area contributed by atoms with Crippen molar-refractivity contribution in [3.8, 4) is 0 Å². The van der Waals surface area contributed by atoms with Crippen LogP contribution in [0.25, 0.3) is 0 Å². The molecule has 1 amide bonds. The molecular weight excluding hydrogens is 280 g/mol. The number of H-pyrrole nitrogens is 1. The molecule has 3 rings (SSSR count). The normalized spacial score (nSPS) is 19.5. The van der Waals surface area contributed by atoms with Gasteiger partial charge < -0.3 is 9.64 Å². The number of nitrogens with zero attached hydrogens (tertiary/aromatic N) is 3. The van der Waals surface area contributed by atoms with E-state index >= 15 is 0 Å². The van der Waals surface area contributed by atoms with Crippen LogP contribution >= 0.6 is 0 Å². The molecule has 0 saturated carbocycles. The van der Waals surface area contributed by atoms with Crippen molar-refractivity contribution in [1.82, 2.24) is 20.0 Å². The van der Waals surface area contributed by atoms with Gasteiger partial charge in [0.25, 0.3) is 5.91 Å². The second kappa shape index (κ2) is 6.79. The minimum absolute atomic E-state index is 0.0477. The van der Waals surface area contributed by atoms with Crippen molar-refractivity contribution in [2.45, 2.75) is 33.2 Å². The molecule has 1 saturated heterocycles. The molecule has 1 N–H and O–H groups in total. The molecule has 1 fully saturated rings. The van der Waals surface area contributed by atoms with Gasteiger partial charge in [0.15, 0.2) is 5.69 Å². The van der Waals surface area contributed by atoms with Crippen molar-refractivity contribution in [1.29, 1.82) is 0 Å². The third kappa shape index (κ3) is 3.33. The minimum atomic E-state index is 0.0477. The largest absolute Gasteiger partial charge is 0.378 e. The van der Waals surface area contributed by atoms with E-state index in [4.69, 9.17) is 4.74 Å². The maximum atomic E-state index is 12.7. The van der Waals surface area contributed by atoms with Gasteiger partial charge in [0.1, 0.15) is 0 Å². The standard InChI is InChI=1S/C16H26N4O2/c1-12(2)3-5-19-6-4-14-13(11-19)15(18-17-14)16(21)20-7-9-22-10-8-20/h12H,3-11H2,1-2H3,(H,17,18). The molecule has 22 heavy (non-hydrogen) atoms. The summed E-state index contributed by atoms with van der Waals surface area (Å²) in [5.41, 5.74) is 2.86. The van der Waals surface area contributed by atoms with E-state index in [-0.39, 0.29) is 5.91 Å². The zero-order valence-corrected chi connectivity index (χ0v) is 13.6. The summed E-state index contributed by atoms with van der Waals surface area (Å²) >= 11 is 0. The fourth-order valence-corrected chi connectivity index (χ4v) is 3.08. The third-order valence-electron chi connectivity index (χ3n) is 4.54. The van der Waals surface area contributed by atoms with Crippen LogP contribution in [-0.4, -0.2) is 65.3 Å². The monoisotopic (exact) mass is 306 g/mol. The second-order valence-corrected chi connectivity index (χ2v) is 6.64. The summed E-state index contributed by atoms with van der Waals surface area (Å²) in [4.78, 5) is 17.0. The van der Waals surface area contributed by atoms with Crippen LogP contribution in [0.15, 0.2) is 0 Å². The Bertz CT molecular complexity index is 520. The molecule has 6 heteroatoms. The quantitative estimate of drug-likeness (QED) is 0.910. The van der Waals surface area contributed by atoms with Crippen molar-refractivity contribution in [2.24, 2.45) is 5.92 Å².